The molecule has 7 heteroatoms. The van der Waals surface area contributed by atoms with Crippen LogP contribution in [0.5, 0.6) is 0 Å². The minimum atomic E-state index is -0.941. The molecule has 1 aliphatic heterocycles. The topological polar surface area (TPSA) is 46.1 Å². The average molecular weight is 440 g/mol. The van der Waals surface area contributed by atoms with Gasteiger partial charge in [0.15, 0.2) is 11.6 Å². The number of carbonyl (C=O) groups excluding carboxylic acids is 1. The number of rotatable bonds is 4. The van der Waals surface area contributed by atoms with Crippen molar-refractivity contribution in [3.8, 4) is 11.1 Å². The third-order valence-corrected chi connectivity index (χ3v) is 5.72. The van der Waals surface area contributed by atoms with Gasteiger partial charge in [0.05, 0.1) is 5.69 Å². The van der Waals surface area contributed by atoms with Crippen molar-refractivity contribution < 1.29 is 13.6 Å². The highest BCUT2D eigenvalue weighted by Crippen LogP contribution is 2.35. The molecule has 1 aliphatic rings. The van der Waals surface area contributed by atoms with Gasteiger partial charge < -0.3 is 4.90 Å². The van der Waals surface area contributed by atoms with Crippen LogP contribution in [0.4, 0.5) is 8.78 Å². The molecule has 2 heterocycles. The Morgan fingerprint density at radius 2 is 1.97 bits per heavy atom. The number of likely N-dealkylation sites (tertiary alicyclic amines) is 1. The SMILES string of the molecule is O=C(C=Cc1ccc(F)c(F)c1)N1CCCC(c2ncncc2-c2ccccc2Cl)C1. The van der Waals surface area contributed by atoms with Crippen molar-refractivity contribution in [1.29, 1.82) is 0 Å². The summed E-state index contributed by atoms with van der Waals surface area (Å²) in [6, 6.07) is 11.1. The predicted octanol–water partition coefficient (Wildman–Crippen LogP) is 5.49. The van der Waals surface area contributed by atoms with Crippen molar-refractivity contribution in [3.05, 3.63) is 89.0 Å². The molecule has 4 rings (SSSR count). The maximum atomic E-state index is 13.4. The van der Waals surface area contributed by atoms with Gasteiger partial charge in [0.2, 0.25) is 5.91 Å². The summed E-state index contributed by atoms with van der Waals surface area (Å²) < 4.78 is 26.5. The zero-order chi connectivity index (χ0) is 21.8. The summed E-state index contributed by atoms with van der Waals surface area (Å²) in [7, 11) is 0. The first kappa shape index (κ1) is 21.1. The van der Waals surface area contributed by atoms with E-state index in [9.17, 15) is 13.6 Å². The lowest BCUT2D eigenvalue weighted by Crippen LogP contribution is -2.38. The molecule has 31 heavy (non-hydrogen) atoms. The number of amides is 1. The second-order valence-electron chi connectivity index (χ2n) is 7.43. The van der Waals surface area contributed by atoms with E-state index in [0.717, 1.165) is 41.8 Å². The average Bonchev–Trinajstić information content (AvgIpc) is 2.80. The Bertz CT molecular complexity index is 1140. The molecule has 0 aliphatic carbocycles. The summed E-state index contributed by atoms with van der Waals surface area (Å²) in [6.07, 6.45) is 7.89. The minimum absolute atomic E-state index is 0.0450. The zero-order valence-electron chi connectivity index (χ0n) is 16.6. The van der Waals surface area contributed by atoms with Crippen molar-refractivity contribution in [2.75, 3.05) is 13.1 Å². The first-order valence-electron chi connectivity index (χ1n) is 10.00. The number of aromatic nitrogens is 2. The van der Waals surface area contributed by atoms with E-state index in [-0.39, 0.29) is 11.8 Å². The molecule has 0 radical (unpaired) electrons. The van der Waals surface area contributed by atoms with Crippen molar-refractivity contribution in [2.24, 2.45) is 0 Å². The molecule has 1 unspecified atom stereocenters. The van der Waals surface area contributed by atoms with Crippen molar-refractivity contribution in [2.45, 2.75) is 18.8 Å². The van der Waals surface area contributed by atoms with Crippen LogP contribution in [-0.2, 0) is 4.79 Å². The summed E-state index contributed by atoms with van der Waals surface area (Å²) in [5.41, 5.74) is 3.02. The number of carbonyl (C=O) groups is 1. The Morgan fingerprint density at radius 3 is 2.77 bits per heavy atom. The fourth-order valence-electron chi connectivity index (χ4n) is 3.84. The normalized spacial score (nSPS) is 16.6. The van der Waals surface area contributed by atoms with Crippen LogP contribution in [0, 0.1) is 11.6 Å². The molecule has 3 aromatic rings. The smallest absolute Gasteiger partial charge is 0.246 e. The second-order valence-corrected chi connectivity index (χ2v) is 7.84. The minimum Gasteiger partial charge on any atom is -0.338 e. The summed E-state index contributed by atoms with van der Waals surface area (Å²) >= 11 is 6.39. The lowest BCUT2D eigenvalue weighted by molar-refractivity contribution is -0.127. The quantitative estimate of drug-likeness (QED) is 0.504. The molecular formula is C24H20ClF2N3O. The maximum Gasteiger partial charge on any atom is 0.246 e. The standard InChI is InChI=1S/C24H20ClF2N3O/c25-20-6-2-1-5-18(20)19-13-28-15-29-24(19)17-4-3-11-30(14-17)23(31)10-8-16-7-9-21(26)22(27)12-16/h1-2,5-10,12-13,15,17H,3-4,11,14H2. The Kier molecular flexibility index (Phi) is 6.37. The molecule has 1 atom stereocenters. The highest BCUT2D eigenvalue weighted by atomic mass is 35.5. The van der Waals surface area contributed by atoms with Gasteiger partial charge in [0.1, 0.15) is 6.33 Å². The molecule has 4 nitrogen and oxygen atoms in total. The van der Waals surface area contributed by atoms with Gasteiger partial charge in [0.25, 0.3) is 0 Å². The largest absolute Gasteiger partial charge is 0.338 e. The fraction of sp³-hybridized carbons (Fsp3) is 0.208. The molecular weight excluding hydrogens is 420 g/mol. The van der Waals surface area contributed by atoms with E-state index in [4.69, 9.17) is 11.6 Å². The van der Waals surface area contributed by atoms with Gasteiger partial charge in [-0.25, -0.2) is 18.7 Å². The first-order chi connectivity index (χ1) is 15.0. The third-order valence-electron chi connectivity index (χ3n) is 5.39. The predicted molar refractivity (Wildman–Crippen MR) is 116 cm³/mol. The van der Waals surface area contributed by atoms with E-state index in [0.29, 0.717) is 23.7 Å². The monoisotopic (exact) mass is 439 g/mol. The van der Waals surface area contributed by atoms with Crippen LogP contribution in [0.1, 0.15) is 30.0 Å². The third kappa shape index (κ3) is 4.80. The van der Waals surface area contributed by atoms with Crippen LogP contribution in [0.2, 0.25) is 5.02 Å². The molecule has 0 spiro atoms. The van der Waals surface area contributed by atoms with E-state index < -0.39 is 11.6 Å². The van der Waals surface area contributed by atoms with Crippen LogP contribution in [-0.4, -0.2) is 33.9 Å². The van der Waals surface area contributed by atoms with Crippen LogP contribution < -0.4 is 0 Å². The molecule has 1 aromatic heterocycles. The van der Waals surface area contributed by atoms with Gasteiger partial charge in [0, 0.05) is 47.4 Å². The molecule has 0 N–H and O–H groups in total. The van der Waals surface area contributed by atoms with E-state index >= 15 is 0 Å². The molecule has 0 saturated carbocycles. The number of hydrogen-bond donors (Lipinski definition) is 0. The highest BCUT2D eigenvalue weighted by Gasteiger charge is 2.27. The number of hydrogen-bond acceptors (Lipinski definition) is 3. The van der Waals surface area contributed by atoms with Crippen LogP contribution in [0.25, 0.3) is 17.2 Å². The van der Waals surface area contributed by atoms with Gasteiger partial charge in [-0.05, 0) is 42.7 Å². The summed E-state index contributed by atoms with van der Waals surface area (Å²) in [5.74, 6) is -1.99. The van der Waals surface area contributed by atoms with Gasteiger partial charge in [-0.15, -0.1) is 0 Å². The van der Waals surface area contributed by atoms with Gasteiger partial charge in [-0.1, -0.05) is 35.9 Å². The number of benzene rings is 2. The second kappa shape index (κ2) is 9.35. The highest BCUT2D eigenvalue weighted by molar-refractivity contribution is 6.33. The number of piperidine rings is 1. The molecule has 0 bridgehead atoms. The van der Waals surface area contributed by atoms with E-state index in [2.05, 4.69) is 9.97 Å². The van der Waals surface area contributed by atoms with Crippen LogP contribution in [0.3, 0.4) is 0 Å². The van der Waals surface area contributed by atoms with Crippen LogP contribution >= 0.6 is 11.6 Å². The molecule has 1 saturated heterocycles. The van der Waals surface area contributed by atoms with E-state index in [1.165, 1.54) is 24.5 Å². The Labute approximate surface area is 184 Å². The lowest BCUT2D eigenvalue weighted by Gasteiger charge is -2.32. The Hall–Kier alpha value is -3.12. The van der Waals surface area contributed by atoms with E-state index in [1.807, 2.05) is 24.3 Å². The Balaban J connectivity index is 1.53. The number of nitrogens with zero attached hydrogens (tertiary/aromatic N) is 3. The van der Waals surface area contributed by atoms with E-state index in [1.54, 1.807) is 11.1 Å². The van der Waals surface area contributed by atoms with Gasteiger partial charge >= 0.3 is 0 Å². The zero-order valence-corrected chi connectivity index (χ0v) is 17.4. The van der Waals surface area contributed by atoms with Crippen molar-refractivity contribution >= 4 is 23.6 Å². The molecule has 2 aromatic carbocycles. The van der Waals surface area contributed by atoms with Gasteiger partial charge in [-0.3, -0.25) is 4.79 Å². The van der Waals surface area contributed by atoms with Crippen molar-refractivity contribution in [1.82, 2.24) is 14.9 Å². The Morgan fingerprint density at radius 1 is 1.13 bits per heavy atom. The van der Waals surface area contributed by atoms with Crippen molar-refractivity contribution in [3.63, 3.8) is 0 Å². The number of halogens is 3. The molecule has 158 valence electrons. The fourth-order valence-corrected chi connectivity index (χ4v) is 4.08. The first-order valence-corrected chi connectivity index (χ1v) is 10.4. The molecule has 1 fully saturated rings. The lowest BCUT2D eigenvalue weighted by atomic mass is 9.90. The molecule has 1 amide bonds. The summed E-state index contributed by atoms with van der Waals surface area (Å²) in [4.78, 5) is 23.2. The van der Waals surface area contributed by atoms with Gasteiger partial charge in [-0.2, -0.15) is 0 Å². The van der Waals surface area contributed by atoms with Crippen LogP contribution in [0.15, 0.2) is 61.1 Å². The maximum absolute atomic E-state index is 13.4. The summed E-state index contributed by atoms with van der Waals surface area (Å²) in [6.45, 7) is 1.14. The summed E-state index contributed by atoms with van der Waals surface area (Å²) in [5, 5.41) is 0.622.